The Morgan fingerprint density at radius 2 is 1.77 bits per heavy atom. The average molecular weight is 499 g/mol. The molecule has 1 aliphatic carbocycles. The number of likely N-dealkylation sites (N-methyl/N-ethyl adjacent to an activating group) is 1. The predicted molar refractivity (Wildman–Crippen MR) is 144 cm³/mol. The Labute approximate surface area is 216 Å². The monoisotopic (exact) mass is 498 g/mol. The average Bonchev–Trinajstić information content (AvgIpc) is 2.89. The first-order valence-electron chi connectivity index (χ1n) is 12.3. The van der Waals surface area contributed by atoms with E-state index in [1.807, 2.05) is 42.5 Å². The van der Waals surface area contributed by atoms with E-state index in [0.717, 1.165) is 37.9 Å². The van der Waals surface area contributed by atoms with Crippen molar-refractivity contribution in [2.24, 2.45) is 5.92 Å². The first-order valence-corrected chi connectivity index (χ1v) is 12.3. The van der Waals surface area contributed by atoms with Crippen LogP contribution in [0.15, 0.2) is 54.6 Å². The molecule has 35 heavy (non-hydrogen) atoms. The van der Waals surface area contributed by atoms with Gasteiger partial charge in [-0.25, -0.2) is 0 Å². The van der Waals surface area contributed by atoms with Crippen molar-refractivity contribution in [3.63, 3.8) is 0 Å². The highest BCUT2D eigenvalue weighted by atomic mass is 35.5. The van der Waals surface area contributed by atoms with E-state index < -0.39 is 5.60 Å². The number of ether oxygens (including phenoxy) is 1. The molecular formula is C29H39ClN2O3. The van der Waals surface area contributed by atoms with Crippen molar-refractivity contribution in [3.05, 3.63) is 65.7 Å². The first-order chi connectivity index (χ1) is 16.4. The van der Waals surface area contributed by atoms with E-state index in [2.05, 4.69) is 48.2 Å². The molecule has 2 aromatic rings. The van der Waals surface area contributed by atoms with Crippen molar-refractivity contribution < 1.29 is 14.6 Å². The molecule has 0 heterocycles. The van der Waals surface area contributed by atoms with Crippen LogP contribution in [0, 0.1) is 17.8 Å². The fourth-order valence-corrected chi connectivity index (χ4v) is 4.68. The number of benzene rings is 2. The summed E-state index contributed by atoms with van der Waals surface area (Å²) in [6.07, 6.45) is 5.91. The first kappa shape index (κ1) is 28.7. The molecule has 3 rings (SSSR count). The number of carbonyl (C=O) groups excluding carboxylic acids is 1. The number of amides is 1. The van der Waals surface area contributed by atoms with Crippen molar-refractivity contribution in [2.75, 3.05) is 27.2 Å². The summed E-state index contributed by atoms with van der Waals surface area (Å²) >= 11 is 0. The highest BCUT2D eigenvalue weighted by Gasteiger charge is 2.45. The molecule has 1 aliphatic rings. The van der Waals surface area contributed by atoms with Crippen molar-refractivity contribution in [1.29, 1.82) is 0 Å². The molecule has 1 amide bonds. The molecular weight excluding hydrogens is 460 g/mol. The molecule has 190 valence electrons. The second-order valence-corrected chi connectivity index (χ2v) is 9.32. The van der Waals surface area contributed by atoms with Crippen molar-refractivity contribution in [3.8, 4) is 17.6 Å². The lowest BCUT2D eigenvalue weighted by Gasteiger charge is -2.37. The second kappa shape index (κ2) is 14.1. The number of carbonyl (C=O) groups is 1. The molecule has 0 bridgehead atoms. The van der Waals surface area contributed by atoms with Crippen LogP contribution in [0.5, 0.6) is 5.75 Å². The standard InChI is InChI=1S/C29H38N2O3.ClH/c1-23(22-24-16-18-27(34-3)19-17-24)31(2)21-11-10-20-30-28(32)29(33,25-12-6-4-7-13-25)26-14-8-5-9-15-26;/h4,6-7,12-13,16-19,23,26,33H,5,8-9,14-15,20-22H2,1-3H3,(H,30,32);1H. The summed E-state index contributed by atoms with van der Waals surface area (Å²) in [6, 6.07) is 17.8. The van der Waals surface area contributed by atoms with Crippen LogP contribution >= 0.6 is 12.4 Å². The van der Waals surface area contributed by atoms with E-state index in [1.54, 1.807) is 7.11 Å². The van der Waals surface area contributed by atoms with Crippen molar-refractivity contribution in [1.82, 2.24) is 10.2 Å². The van der Waals surface area contributed by atoms with E-state index in [1.165, 1.54) is 12.0 Å². The molecule has 0 saturated heterocycles. The van der Waals surface area contributed by atoms with E-state index in [-0.39, 0.29) is 30.8 Å². The molecule has 1 fully saturated rings. The van der Waals surface area contributed by atoms with E-state index >= 15 is 0 Å². The molecule has 0 radical (unpaired) electrons. The zero-order valence-electron chi connectivity index (χ0n) is 21.1. The molecule has 0 aliphatic heterocycles. The number of hydrogen-bond donors (Lipinski definition) is 2. The van der Waals surface area contributed by atoms with Gasteiger partial charge in [0.05, 0.1) is 20.2 Å². The molecule has 6 heteroatoms. The Bertz CT molecular complexity index is 965. The molecule has 0 aromatic heterocycles. The van der Waals surface area contributed by atoms with Crippen LogP contribution in [0.25, 0.3) is 0 Å². The number of rotatable bonds is 9. The number of nitrogens with zero attached hydrogens (tertiary/aromatic N) is 1. The minimum absolute atomic E-state index is 0. The number of hydrogen-bond acceptors (Lipinski definition) is 4. The fraction of sp³-hybridized carbons (Fsp3) is 0.483. The minimum Gasteiger partial charge on any atom is -0.497 e. The van der Waals surface area contributed by atoms with Gasteiger partial charge in [0.25, 0.3) is 5.91 Å². The number of halogens is 1. The van der Waals surface area contributed by atoms with Gasteiger partial charge in [0, 0.05) is 12.0 Å². The van der Waals surface area contributed by atoms with Gasteiger partial charge >= 0.3 is 0 Å². The summed E-state index contributed by atoms with van der Waals surface area (Å²) in [5.41, 5.74) is 0.412. The van der Waals surface area contributed by atoms with Gasteiger partial charge < -0.3 is 15.2 Å². The Kier molecular flexibility index (Phi) is 11.6. The normalized spacial score (nSPS) is 16.3. The van der Waals surface area contributed by atoms with Gasteiger partial charge in [-0.2, -0.15) is 0 Å². The van der Waals surface area contributed by atoms with Crippen LogP contribution in [-0.2, 0) is 16.8 Å². The second-order valence-electron chi connectivity index (χ2n) is 9.32. The Morgan fingerprint density at radius 3 is 2.40 bits per heavy atom. The minimum atomic E-state index is -1.51. The topological polar surface area (TPSA) is 61.8 Å². The SMILES string of the molecule is COc1ccc(CC(C)N(C)CC#CCNC(=O)C(O)(c2ccccc2)C2CCCCC2)cc1.Cl. The van der Waals surface area contributed by atoms with Gasteiger partial charge in [-0.3, -0.25) is 9.69 Å². The molecule has 2 N–H and O–H groups in total. The quantitative estimate of drug-likeness (QED) is 0.497. The Balaban J connectivity index is 0.00000432. The van der Waals surface area contributed by atoms with Gasteiger partial charge in [0.15, 0.2) is 5.60 Å². The molecule has 2 atom stereocenters. The molecule has 1 saturated carbocycles. The van der Waals surface area contributed by atoms with Crippen LogP contribution in [0.2, 0.25) is 0 Å². The Hall–Kier alpha value is -2.52. The summed E-state index contributed by atoms with van der Waals surface area (Å²) in [6.45, 7) is 3.01. The van der Waals surface area contributed by atoms with Gasteiger partial charge in [-0.15, -0.1) is 12.4 Å². The Morgan fingerprint density at radius 1 is 1.11 bits per heavy atom. The number of nitrogens with one attached hydrogen (secondary N) is 1. The predicted octanol–water partition coefficient (Wildman–Crippen LogP) is 4.57. The van der Waals surface area contributed by atoms with Gasteiger partial charge in [-0.1, -0.05) is 73.6 Å². The number of methoxy groups -OCH3 is 1. The zero-order chi connectivity index (χ0) is 24.4. The van der Waals surface area contributed by atoms with Crippen LogP contribution in [0.4, 0.5) is 0 Å². The van der Waals surface area contributed by atoms with E-state index in [0.29, 0.717) is 18.2 Å². The maximum Gasteiger partial charge on any atom is 0.257 e. The van der Waals surface area contributed by atoms with Crippen molar-refractivity contribution in [2.45, 2.75) is 57.1 Å². The summed E-state index contributed by atoms with van der Waals surface area (Å²) in [7, 11) is 3.73. The zero-order valence-corrected chi connectivity index (χ0v) is 21.9. The van der Waals surface area contributed by atoms with Crippen LogP contribution < -0.4 is 10.1 Å². The number of aliphatic hydroxyl groups is 1. The van der Waals surface area contributed by atoms with Gasteiger partial charge in [-0.05, 0) is 56.5 Å². The lowest BCUT2D eigenvalue weighted by Crippen LogP contribution is -2.50. The molecule has 2 unspecified atom stereocenters. The van der Waals surface area contributed by atoms with Gasteiger partial charge in [0.1, 0.15) is 5.75 Å². The highest BCUT2D eigenvalue weighted by molar-refractivity contribution is 5.87. The molecule has 5 nitrogen and oxygen atoms in total. The lowest BCUT2D eigenvalue weighted by molar-refractivity contribution is -0.149. The highest BCUT2D eigenvalue weighted by Crippen LogP contribution is 2.39. The summed E-state index contributed by atoms with van der Waals surface area (Å²) < 4.78 is 5.22. The third-order valence-corrected chi connectivity index (χ3v) is 6.99. The van der Waals surface area contributed by atoms with Crippen LogP contribution in [0.1, 0.15) is 50.2 Å². The third kappa shape index (κ3) is 7.73. The summed E-state index contributed by atoms with van der Waals surface area (Å²) in [5.74, 6) is 6.66. The maximum absolute atomic E-state index is 13.2. The third-order valence-electron chi connectivity index (χ3n) is 6.99. The molecule has 0 spiro atoms. The lowest BCUT2D eigenvalue weighted by atomic mass is 9.73. The van der Waals surface area contributed by atoms with Crippen molar-refractivity contribution >= 4 is 18.3 Å². The van der Waals surface area contributed by atoms with E-state index in [4.69, 9.17) is 4.74 Å². The molecule has 2 aromatic carbocycles. The van der Waals surface area contributed by atoms with Crippen LogP contribution in [0.3, 0.4) is 0 Å². The largest absolute Gasteiger partial charge is 0.497 e. The van der Waals surface area contributed by atoms with E-state index in [9.17, 15) is 9.90 Å². The fourth-order valence-electron chi connectivity index (χ4n) is 4.68. The maximum atomic E-state index is 13.2. The van der Waals surface area contributed by atoms with Crippen LogP contribution in [-0.4, -0.2) is 49.2 Å². The summed E-state index contributed by atoms with van der Waals surface area (Å²) in [5, 5.41) is 14.5. The van der Waals surface area contributed by atoms with Gasteiger partial charge in [0.2, 0.25) is 0 Å². The smallest absolute Gasteiger partial charge is 0.257 e. The summed E-state index contributed by atoms with van der Waals surface area (Å²) in [4.78, 5) is 15.4.